The fraction of sp³-hybridized carbons (Fsp3) is 0.455. The van der Waals surface area contributed by atoms with Gasteiger partial charge in [0.15, 0.2) is 0 Å². The molecule has 0 aliphatic carbocycles. The van der Waals surface area contributed by atoms with Gasteiger partial charge in [-0.15, -0.1) is 0 Å². The summed E-state index contributed by atoms with van der Waals surface area (Å²) < 4.78 is 26.4. The van der Waals surface area contributed by atoms with Crippen molar-refractivity contribution in [3.05, 3.63) is 22.7 Å². The monoisotopic (exact) mass is 336 g/mol. The van der Waals surface area contributed by atoms with Gasteiger partial charge in [-0.1, -0.05) is 0 Å². The molecule has 0 aliphatic heterocycles. The summed E-state index contributed by atoms with van der Waals surface area (Å²) in [6.45, 7) is 3.03. The van der Waals surface area contributed by atoms with E-state index in [-0.39, 0.29) is 11.5 Å². The largest absolute Gasteiger partial charge is 0.399 e. The van der Waals surface area contributed by atoms with Crippen molar-refractivity contribution >= 4 is 31.6 Å². The van der Waals surface area contributed by atoms with Crippen molar-refractivity contribution in [3.8, 4) is 0 Å². The van der Waals surface area contributed by atoms with Crippen LogP contribution in [0.4, 0.5) is 5.69 Å². The van der Waals surface area contributed by atoms with Crippen LogP contribution in [-0.2, 0) is 10.0 Å². The Labute approximate surface area is 116 Å². The number of hydrogen-bond acceptors (Lipinski definition) is 4. The predicted octanol–water partition coefficient (Wildman–Crippen LogP) is 1.42. The Bertz CT molecular complexity index is 543. The molecule has 0 spiro atoms. The quantitative estimate of drug-likeness (QED) is 0.814. The van der Waals surface area contributed by atoms with E-state index in [0.717, 1.165) is 4.31 Å². The number of halogens is 1. The highest BCUT2D eigenvalue weighted by atomic mass is 79.9. The zero-order chi connectivity index (χ0) is 14.1. The Morgan fingerprint density at radius 1 is 1.44 bits per heavy atom. The summed E-state index contributed by atoms with van der Waals surface area (Å²) in [5, 5.41) is 9.25. The standard InChI is InChI=1S/C11H17BrN2O3S/c1-11(2,7-15)14(3)18(16,17)10-5-4-8(13)6-9(10)12/h4-6,15H,7,13H2,1-3H3. The van der Waals surface area contributed by atoms with Crippen molar-refractivity contribution in [2.45, 2.75) is 24.3 Å². The normalized spacial score (nSPS) is 13.0. The molecule has 0 fully saturated rings. The number of aliphatic hydroxyl groups is 1. The molecular weight excluding hydrogens is 320 g/mol. The minimum atomic E-state index is -3.69. The van der Waals surface area contributed by atoms with E-state index in [1.807, 2.05) is 0 Å². The summed E-state index contributed by atoms with van der Waals surface area (Å²) in [5.74, 6) is 0. The maximum Gasteiger partial charge on any atom is 0.244 e. The van der Waals surface area contributed by atoms with Crippen LogP contribution in [-0.4, -0.2) is 37.0 Å². The number of nitrogens with zero attached hydrogens (tertiary/aromatic N) is 1. The minimum Gasteiger partial charge on any atom is -0.399 e. The smallest absolute Gasteiger partial charge is 0.244 e. The highest BCUT2D eigenvalue weighted by molar-refractivity contribution is 9.10. The Morgan fingerprint density at radius 2 is 2.00 bits per heavy atom. The fourth-order valence-electron chi connectivity index (χ4n) is 1.30. The van der Waals surface area contributed by atoms with Crippen molar-refractivity contribution in [1.82, 2.24) is 4.31 Å². The summed E-state index contributed by atoms with van der Waals surface area (Å²) in [4.78, 5) is 0.126. The van der Waals surface area contributed by atoms with Crippen LogP contribution >= 0.6 is 15.9 Å². The van der Waals surface area contributed by atoms with Crippen LogP contribution in [0.5, 0.6) is 0 Å². The van der Waals surface area contributed by atoms with Crippen LogP contribution in [0.25, 0.3) is 0 Å². The highest BCUT2D eigenvalue weighted by Gasteiger charge is 2.34. The van der Waals surface area contributed by atoms with Gasteiger partial charge in [0.05, 0.1) is 17.0 Å². The molecule has 18 heavy (non-hydrogen) atoms. The molecular formula is C11H17BrN2O3S. The lowest BCUT2D eigenvalue weighted by atomic mass is 10.1. The summed E-state index contributed by atoms with van der Waals surface area (Å²) in [6.07, 6.45) is 0. The molecule has 0 saturated heterocycles. The van der Waals surface area contributed by atoms with Crippen molar-refractivity contribution in [2.24, 2.45) is 0 Å². The van der Waals surface area contributed by atoms with Crippen LogP contribution < -0.4 is 5.73 Å². The van der Waals surface area contributed by atoms with E-state index < -0.39 is 15.6 Å². The molecule has 1 aromatic carbocycles. The Hall–Kier alpha value is -0.630. The summed E-state index contributed by atoms with van der Waals surface area (Å²) >= 11 is 3.19. The van der Waals surface area contributed by atoms with Gasteiger partial charge < -0.3 is 10.8 Å². The lowest BCUT2D eigenvalue weighted by Gasteiger charge is -2.33. The number of aliphatic hydroxyl groups excluding tert-OH is 1. The van der Waals surface area contributed by atoms with E-state index in [2.05, 4.69) is 15.9 Å². The summed E-state index contributed by atoms with van der Waals surface area (Å²) in [7, 11) is -2.25. The number of sulfonamides is 1. The van der Waals surface area contributed by atoms with Crippen LogP contribution in [0.15, 0.2) is 27.6 Å². The van der Waals surface area contributed by atoms with Crippen LogP contribution in [0.3, 0.4) is 0 Å². The van der Waals surface area contributed by atoms with E-state index in [1.165, 1.54) is 25.2 Å². The number of likely N-dealkylation sites (N-methyl/N-ethyl adjacent to an activating group) is 1. The van der Waals surface area contributed by atoms with Gasteiger partial charge in [-0.3, -0.25) is 0 Å². The molecule has 0 aromatic heterocycles. The molecule has 1 rings (SSSR count). The van der Waals surface area contributed by atoms with Crippen LogP contribution in [0.1, 0.15) is 13.8 Å². The molecule has 1 aromatic rings. The molecule has 0 heterocycles. The molecule has 0 radical (unpaired) electrons. The van der Waals surface area contributed by atoms with Gasteiger partial charge in [-0.25, -0.2) is 8.42 Å². The second-order valence-corrected chi connectivity index (χ2v) is 7.42. The second kappa shape index (κ2) is 5.16. The lowest BCUT2D eigenvalue weighted by Crippen LogP contribution is -2.47. The van der Waals surface area contributed by atoms with Crippen molar-refractivity contribution < 1.29 is 13.5 Å². The van der Waals surface area contributed by atoms with E-state index in [1.54, 1.807) is 13.8 Å². The first-order valence-corrected chi connectivity index (χ1v) is 7.51. The van der Waals surface area contributed by atoms with Gasteiger partial charge in [0, 0.05) is 17.2 Å². The molecule has 0 amide bonds. The first kappa shape index (κ1) is 15.4. The lowest BCUT2D eigenvalue weighted by molar-refractivity contribution is 0.138. The third kappa shape index (κ3) is 2.85. The molecule has 0 atom stereocenters. The SMILES string of the molecule is CN(C(C)(C)CO)S(=O)(=O)c1ccc(N)cc1Br. The maximum atomic E-state index is 12.4. The average Bonchev–Trinajstić information content (AvgIpc) is 2.27. The van der Waals surface area contributed by atoms with E-state index in [0.29, 0.717) is 10.2 Å². The van der Waals surface area contributed by atoms with E-state index in [4.69, 9.17) is 5.73 Å². The first-order valence-electron chi connectivity index (χ1n) is 5.28. The van der Waals surface area contributed by atoms with Crippen molar-refractivity contribution in [3.63, 3.8) is 0 Å². The van der Waals surface area contributed by atoms with Gasteiger partial charge in [0.25, 0.3) is 0 Å². The van der Waals surface area contributed by atoms with E-state index in [9.17, 15) is 13.5 Å². The molecule has 5 nitrogen and oxygen atoms in total. The van der Waals surface area contributed by atoms with Crippen molar-refractivity contribution in [2.75, 3.05) is 19.4 Å². The van der Waals surface area contributed by atoms with Crippen LogP contribution in [0.2, 0.25) is 0 Å². The zero-order valence-electron chi connectivity index (χ0n) is 10.5. The number of hydrogen-bond donors (Lipinski definition) is 2. The highest BCUT2D eigenvalue weighted by Crippen LogP contribution is 2.29. The molecule has 0 unspecified atom stereocenters. The minimum absolute atomic E-state index is 0.126. The topological polar surface area (TPSA) is 83.6 Å². The maximum absolute atomic E-state index is 12.4. The summed E-state index contributed by atoms with van der Waals surface area (Å²) in [6, 6.07) is 4.50. The van der Waals surface area contributed by atoms with Gasteiger partial charge in [0.2, 0.25) is 10.0 Å². The summed E-state index contributed by atoms with van der Waals surface area (Å²) in [5.41, 5.74) is 5.18. The number of anilines is 1. The van der Waals surface area contributed by atoms with Gasteiger partial charge in [-0.05, 0) is 48.0 Å². The molecule has 0 saturated carbocycles. The average molecular weight is 337 g/mol. The van der Waals surface area contributed by atoms with Crippen molar-refractivity contribution in [1.29, 1.82) is 0 Å². The third-order valence-electron chi connectivity index (χ3n) is 2.83. The van der Waals surface area contributed by atoms with Crippen LogP contribution in [0, 0.1) is 0 Å². The number of benzene rings is 1. The molecule has 0 bridgehead atoms. The number of nitrogens with two attached hydrogens (primary N) is 1. The molecule has 7 heteroatoms. The van der Waals surface area contributed by atoms with Gasteiger partial charge in [0.1, 0.15) is 0 Å². The van der Waals surface area contributed by atoms with Gasteiger partial charge >= 0.3 is 0 Å². The molecule has 102 valence electrons. The Kier molecular flexibility index (Phi) is 4.42. The van der Waals surface area contributed by atoms with Gasteiger partial charge in [-0.2, -0.15) is 4.31 Å². The number of nitrogen functional groups attached to an aromatic ring is 1. The molecule has 0 aliphatic rings. The number of rotatable bonds is 4. The Morgan fingerprint density at radius 3 is 2.44 bits per heavy atom. The van der Waals surface area contributed by atoms with E-state index >= 15 is 0 Å². The zero-order valence-corrected chi connectivity index (χ0v) is 12.9. The third-order valence-corrected chi connectivity index (χ3v) is 5.88. The fourth-order valence-corrected chi connectivity index (χ4v) is 3.86. The molecule has 3 N–H and O–H groups in total. The first-order chi connectivity index (χ1) is 8.13. The Balaban J connectivity index is 3.30. The second-order valence-electron chi connectivity index (χ2n) is 4.63. The predicted molar refractivity (Wildman–Crippen MR) is 74.7 cm³/mol.